The van der Waals surface area contributed by atoms with Gasteiger partial charge in [0.15, 0.2) is 0 Å². The summed E-state index contributed by atoms with van der Waals surface area (Å²) in [6, 6.07) is 6.51. The Balaban J connectivity index is 1.53. The zero-order valence-corrected chi connectivity index (χ0v) is 14.5. The van der Waals surface area contributed by atoms with Crippen molar-refractivity contribution in [3.05, 3.63) is 58.8 Å². The number of para-hydroxylation sites is 1. The molecule has 124 valence electrons. The molecule has 1 aliphatic rings. The maximum Gasteiger partial charge on any atom is 0.128 e. The number of benzene rings is 1. The molecular formula is C20H24N4. The third-order valence-corrected chi connectivity index (χ3v) is 4.94. The number of aryl methyl sites for hydroxylation is 2. The Labute approximate surface area is 142 Å². The maximum absolute atomic E-state index is 4.75. The highest BCUT2D eigenvalue weighted by atomic mass is 15.1. The number of rotatable bonds is 4. The van der Waals surface area contributed by atoms with Gasteiger partial charge in [0.25, 0.3) is 0 Å². The molecule has 0 radical (unpaired) electrons. The second-order valence-corrected chi connectivity index (χ2v) is 6.78. The molecule has 0 fully saturated rings. The minimum absolute atomic E-state index is 0.945. The number of hydrogen-bond donors (Lipinski definition) is 1. The third-order valence-electron chi connectivity index (χ3n) is 4.94. The van der Waals surface area contributed by atoms with Crippen LogP contribution in [0.5, 0.6) is 0 Å². The number of aromatic amines is 1. The van der Waals surface area contributed by atoms with Crippen molar-refractivity contribution in [3.8, 4) is 0 Å². The molecule has 0 saturated carbocycles. The van der Waals surface area contributed by atoms with E-state index in [4.69, 9.17) is 4.98 Å². The second kappa shape index (κ2) is 6.36. The Hall–Kier alpha value is -2.20. The largest absolute Gasteiger partial charge is 0.361 e. The minimum atomic E-state index is 0.945. The van der Waals surface area contributed by atoms with E-state index >= 15 is 0 Å². The van der Waals surface area contributed by atoms with Crippen molar-refractivity contribution in [3.63, 3.8) is 0 Å². The summed E-state index contributed by atoms with van der Waals surface area (Å²) in [4.78, 5) is 15.2. The highest BCUT2D eigenvalue weighted by Crippen LogP contribution is 2.25. The molecule has 3 aromatic rings. The molecule has 3 heterocycles. The van der Waals surface area contributed by atoms with Gasteiger partial charge in [-0.25, -0.2) is 9.97 Å². The van der Waals surface area contributed by atoms with Gasteiger partial charge >= 0.3 is 0 Å². The number of fused-ring (bicyclic) bond motifs is 2. The van der Waals surface area contributed by atoms with E-state index in [1.165, 1.54) is 33.3 Å². The van der Waals surface area contributed by atoms with Gasteiger partial charge in [-0.3, -0.25) is 4.90 Å². The average molecular weight is 320 g/mol. The lowest BCUT2D eigenvalue weighted by Crippen LogP contribution is -2.31. The molecule has 0 unspecified atom stereocenters. The molecule has 1 aliphatic heterocycles. The lowest BCUT2D eigenvalue weighted by Gasteiger charge is -2.27. The van der Waals surface area contributed by atoms with Gasteiger partial charge in [-0.2, -0.15) is 0 Å². The SMILES string of the molecule is CCCc1ncc2c(n1)CCN(Cc1c[nH]c3c(C)cccc13)C2. The molecule has 4 nitrogen and oxygen atoms in total. The van der Waals surface area contributed by atoms with E-state index < -0.39 is 0 Å². The standard InChI is InChI=1S/C20H24N4/c1-3-5-19-21-11-16-13-24(9-8-18(16)23-19)12-15-10-22-20-14(2)6-4-7-17(15)20/h4,6-7,10-11,22H,3,5,8-9,12-13H2,1-2H3. The van der Waals surface area contributed by atoms with Crippen LogP contribution < -0.4 is 0 Å². The molecule has 0 atom stereocenters. The summed E-state index contributed by atoms with van der Waals surface area (Å²) in [7, 11) is 0. The topological polar surface area (TPSA) is 44.8 Å². The van der Waals surface area contributed by atoms with Gasteiger partial charge in [0.2, 0.25) is 0 Å². The van der Waals surface area contributed by atoms with E-state index in [2.05, 4.69) is 53.1 Å². The molecule has 4 rings (SSSR count). The van der Waals surface area contributed by atoms with Crippen LogP contribution in [0.3, 0.4) is 0 Å². The first-order valence-corrected chi connectivity index (χ1v) is 8.86. The molecular weight excluding hydrogens is 296 g/mol. The number of aromatic nitrogens is 3. The van der Waals surface area contributed by atoms with Crippen molar-refractivity contribution in [2.24, 2.45) is 0 Å². The molecule has 2 aromatic heterocycles. The minimum Gasteiger partial charge on any atom is -0.361 e. The summed E-state index contributed by atoms with van der Waals surface area (Å²) in [5.74, 6) is 0.997. The van der Waals surface area contributed by atoms with Gasteiger partial charge in [0.05, 0.1) is 0 Å². The first kappa shape index (κ1) is 15.3. The van der Waals surface area contributed by atoms with Crippen LogP contribution in [-0.2, 0) is 25.9 Å². The lowest BCUT2D eigenvalue weighted by atomic mass is 10.1. The predicted octanol–water partition coefficient (Wildman–Crippen LogP) is 3.78. The highest BCUT2D eigenvalue weighted by molar-refractivity contribution is 5.85. The summed E-state index contributed by atoms with van der Waals surface area (Å²) in [5.41, 5.74) is 6.48. The van der Waals surface area contributed by atoms with Crippen molar-refractivity contribution in [1.82, 2.24) is 19.9 Å². The van der Waals surface area contributed by atoms with E-state index in [0.717, 1.165) is 44.7 Å². The van der Waals surface area contributed by atoms with Crippen molar-refractivity contribution < 1.29 is 0 Å². The first-order valence-electron chi connectivity index (χ1n) is 8.86. The first-order chi connectivity index (χ1) is 11.7. The Morgan fingerprint density at radius 2 is 2.21 bits per heavy atom. The van der Waals surface area contributed by atoms with E-state index in [-0.39, 0.29) is 0 Å². The molecule has 0 bridgehead atoms. The van der Waals surface area contributed by atoms with E-state index in [0.29, 0.717) is 0 Å². The summed E-state index contributed by atoms with van der Waals surface area (Å²) in [6.45, 7) is 7.31. The van der Waals surface area contributed by atoms with Crippen LogP contribution >= 0.6 is 0 Å². The summed E-state index contributed by atoms with van der Waals surface area (Å²) in [6.07, 6.45) is 7.30. The number of nitrogens with zero attached hydrogens (tertiary/aromatic N) is 3. The van der Waals surface area contributed by atoms with Crippen LogP contribution in [0.4, 0.5) is 0 Å². The molecule has 1 aromatic carbocycles. The smallest absolute Gasteiger partial charge is 0.128 e. The van der Waals surface area contributed by atoms with Crippen LogP contribution in [-0.4, -0.2) is 26.4 Å². The van der Waals surface area contributed by atoms with Crippen molar-refractivity contribution in [2.75, 3.05) is 6.54 Å². The summed E-state index contributed by atoms with van der Waals surface area (Å²) >= 11 is 0. The van der Waals surface area contributed by atoms with Gasteiger partial charge < -0.3 is 4.98 Å². The lowest BCUT2D eigenvalue weighted by molar-refractivity contribution is 0.243. The van der Waals surface area contributed by atoms with Crippen LogP contribution in [0, 0.1) is 6.92 Å². The predicted molar refractivity (Wildman–Crippen MR) is 96.9 cm³/mol. The number of hydrogen-bond acceptors (Lipinski definition) is 3. The Bertz CT molecular complexity index is 865. The van der Waals surface area contributed by atoms with Crippen molar-refractivity contribution in [1.29, 1.82) is 0 Å². The molecule has 0 saturated heterocycles. The average Bonchev–Trinajstić information content (AvgIpc) is 3.00. The second-order valence-electron chi connectivity index (χ2n) is 6.78. The fourth-order valence-corrected chi connectivity index (χ4v) is 3.63. The van der Waals surface area contributed by atoms with Crippen LogP contribution in [0.25, 0.3) is 10.9 Å². The zero-order valence-electron chi connectivity index (χ0n) is 14.5. The van der Waals surface area contributed by atoms with Crippen LogP contribution in [0.2, 0.25) is 0 Å². The maximum atomic E-state index is 4.75. The van der Waals surface area contributed by atoms with E-state index in [9.17, 15) is 0 Å². The Morgan fingerprint density at radius 1 is 1.29 bits per heavy atom. The van der Waals surface area contributed by atoms with Gasteiger partial charge in [0.1, 0.15) is 5.82 Å². The highest BCUT2D eigenvalue weighted by Gasteiger charge is 2.19. The van der Waals surface area contributed by atoms with E-state index in [1.807, 2.05) is 6.20 Å². The van der Waals surface area contributed by atoms with Gasteiger partial charge in [-0.1, -0.05) is 25.1 Å². The quantitative estimate of drug-likeness (QED) is 0.796. The normalized spacial score (nSPS) is 14.9. The van der Waals surface area contributed by atoms with Crippen LogP contribution in [0.1, 0.15) is 41.6 Å². The van der Waals surface area contributed by atoms with Gasteiger partial charge in [0, 0.05) is 67.0 Å². The van der Waals surface area contributed by atoms with Crippen LogP contribution in [0.15, 0.2) is 30.6 Å². The summed E-state index contributed by atoms with van der Waals surface area (Å²) < 4.78 is 0. The molecule has 1 N–H and O–H groups in total. The molecule has 0 amide bonds. The van der Waals surface area contributed by atoms with Crippen molar-refractivity contribution in [2.45, 2.75) is 46.2 Å². The summed E-state index contributed by atoms with van der Waals surface area (Å²) in [5, 5.41) is 1.34. The van der Waals surface area contributed by atoms with Crippen molar-refractivity contribution >= 4 is 10.9 Å². The molecule has 0 spiro atoms. The van der Waals surface area contributed by atoms with Gasteiger partial charge in [-0.15, -0.1) is 0 Å². The zero-order chi connectivity index (χ0) is 16.5. The van der Waals surface area contributed by atoms with Gasteiger partial charge in [-0.05, 0) is 24.5 Å². The molecule has 4 heteroatoms. The Morgan fingerprint density at radius 3 is 3.08 bits per heavy atom. The molecule has 0 aliphatic carbocycles. The fraction of sp³-hybridized carbons (Fsp3) is 0.400. The third kappa shape index (κ3) is 2.82. The number of nitrogens with one attached hydrogen (secondary N) is 1. The number of H-pyrrole nitrogens is 1. The molecule has 24 heavy (non-hydrogen) atoms. The Kier molecular flexibility index (Phi) is 4.07. The fourth-order valence-electron chi connectivity index (χ4n) is 3.63. The monoisotopic (exact) mass is 320 g/mol. The van der Waals surface area contributed by atoms with E-state index in [1.54, 1.807) is 0 Å².